The Balaban J connectivity index is 1.08. The lowest BCUT2D eigenvalue weighted by atomic mass is 9.67. The van der Waals surface area contributed by atoms with Gasteiger partial charge in [0.15, 0.2) is 0 Å². The van der Waals surface area contributed by atoms with E-state index in [1.807, 2.05) is 11.3 Å². The lowest BCUT2D eigenvalue weighted by Crippen LogP contribution is -2.28. The van der Waals surface area contributed by atoms with Crippen molar-refractivity contribution in [2.24, 2.45) is 0 Å². The predicted octanol–water partition coefficient (Wildman–Crippen LogP) is 16.8. The molecule has 1 heteroatoms. The Morgan fingerprint density at radius 3 is 1.23 bits per heavy atom. The standard InChI is InChI=1S/C61H40S/c1-4-18-41(19-5-1)48-24-10-12-26-50(48)44-34-37-59-55(38-44)56-40-45(51-27-13-11-25-49(51)42-20-6-2-7-21-42)39-54(60(56)62-59)43-32-35-47(36-33-43)61(46-22-8-3-9-23-46)57-30-16-14-28-52(57)53-29-15-17-31-58(53)61/h1-40H. The van der Waals surface area contributed by atoms with Crippen LogP contribution in [0.2, 0.25) is 0 Å². The molecule has 1 heterocycles. The van der Waals surface area contributed by atoms with E-state index in [-0.39, 0.29) is 0 Å². The molecular formula is C61H40S. The van der Waals surface area contributed by atoms with Gasteiger partial charge < -0.3 is 0 Å². The largest absolute Gasteiger partial charge is 0.135 e. The van der Waals surface area contributed by atoms with Gasteiger partial charge in [-0.15, -0.1) is 11.3 Å². The first-order valence-electron chi connectivity index (χ1n) is 21.4. The molecule has 1 aliphatic rings. The van der Waals surface area contributed by atoms with Crippen LogP contribution in [0.25, 0.3) is 86.9 Å². The minimum absolute atomic E-state index is 0.442. The highest BCUT2D eigenvalue weighted by Gasteiger charge is 2.45. The van der Waals surface area contributed by atoms with Crippen molar-refractivity contribution in [2.75, 3.05) is 0 Å². The van der Waals surface area contributed by atoms with Crippen molar-refractivity contribution in [3.8, 4) is 66.8 Å². The molecule has 10 aromatic carbocycles. The van der Waals surface area contributed by atoms with Crippen LogP contribution in [-0.4, -0.2) is 0 Å². The maximum absolute atomic E-state index is 2.44. The summed E-state index contributed by atoms with van der Waals surface area (Å²) in [6, 6.07) is 89.7. The predicted molar refractivity (Wildman–Crippen MR) is 264 cm³/mol. The van der Waals surface area contributed by atoms with Crippen LogP contribution < -0.4 is 0 Å². The average Bonchev–Trinajstić information content (AvgIpc) is 3.88. The zero-order valence-electron chi connectivity index (χ0n) is 34.0. The molecular weight excluding hydrogens is 765 g/mol. The lowest BCUT2D eigenvalue weighted by molar-refractivity contribution is 0.768. The summed E-state index contributed by atoms with van der Waals surface area (Å²) in [6.07, 6.45) is 0. The summed E-state index contributed by atoms with van der Waals surface area (Å²) in [5.41, 5.74) is 19.6. The Kier molecular flexibility index (Phi) is 8.69. The molecule has 1 aliphatic carbocycles. The second-order valence-corrected chi connectivity index (χ2v) is 17.4. The summed E-state index contributed by atoms with van der Waals surface area (Å²) >= 11 is 1.90. The molecule has 1 aromatic heterocycles. The van der Waals surface area contributed by atoms with Gasteiger partial charge in [-0.25, -0.2) is 0 Å². The zero-order chi connectivity index (χ0) is 41.0. The van der Waals surface area contributed by atoms with Gasteiger partial charge in [0.25, 0.3) is 0 Å². The van der Waals surface area contributed by atoms with E-state index in [9.17, 15) is 0 Å². The van der Waals surface area contributed by atoms with Crippen molar-refractivity contribution in [3.05, 3.63) is 265 Å². The minimum Gasteiger partial charge on any atom is -0.135 e. The summed E-state index contributed by atoms with van der Waals surface area (Å²) in [6.45, 7) is 0. The summed E-state index contributed by atoms with van der Waals surface area (Å²) in [4.78, 5) is 0. The van der Waals surface area contributed by atoms with Gasteiger partial charge >= 0.3 is 0 Å². The SMILES string of the molecule is c1ccc(-c2ccccc2-c2ccc3sc4c(-c5ccc(C6(c7ccccc7)c7ccccc7-c7ccccc76)cc5)cc(-c5ccccc5-c5ccccc5)cc4c3c2)cc1. The molecule has 0 atom stereocenters. The van der Waals surface area contributed by atoms with E-state index in [2.05, 4.69) is 243 Å². The van der Waals surface area contributed by atoms with Crippen LogP contribution in [0.3, 0.4) is 0 Å². The molecule has 0 saturated carbocycles. The molecule has 290 valence electrons. The quantitative estimate of drug-likeness (QED) is 0.151. The number of hydrogen-bond donors (Lipinski definition) is 0. The first-order valence-corrected chi connectivity index (χ1v) is 22.2. The maximum Gasteiger partial charge on any atom is 0.0713 e. The van der Waals surface area contributed by atoms with Crippen LogP contribution in [0.15, 0.2) is 243 Å². The molecule has 0 bridgehead atoms. The second kappa shape index (κ2) is 14.9. The molecule has 11 aromatic rings. The summed E-state index contributed by atoms with van der Waals surface area (Å²) in [7, 11) is 0. The Morgan fingerprint density at radius 2 is 0.661 bits per heavy atom. The van der Waals surface area contributed by atoms with Crippen LogP contribution in [0.5, 0.6) is 0 Å². The van der Waals surface area contributed by atoms with E-state index in [0.29, 0.717) is 0 Å². The fourth-order valence-electron chi connectivity index (χ4n) is 10.2. The van der Waals surface area contributed by atoms with E-state index in [0.717, 1.165) is 0 Å². The minimum atomic E-state index is -0.442. The Morgan fingerprint density at radius 1 is 0.258 bits per heavy atom. The van der Waals surface area contributed by atoms with Gasteiger partial charge in [0, 0.05) is 25.7 Å². The summed E-state index contributed by atoms with van der Waals surface area (Å²) in [5.74, 6) is 0. The molecule has 0 N–H and O–H groups in total. The summed E-state index contributed by atoms with van der Waals surface area (Å²) in [5, 5.41) is 2.56. The zero-order valence-corrected chi connectivity index (χ0v) is 34.8. The highest BCUT2D eigenvalue weighted by Crippen LogP contribution is 2.56. The van der Waals surface area contributed by atoms with Crippen molar-refractivity contribution < 1.29 is 0 Å². The van der Waals surface area contributed by atoms with E-state index >= 15 is 0 Å². The number of thiophene rings is 1. The van der Waals surface area contributed by atoms with Crippen molar-refractivity contribution in [1.82, 2.24) is 0 Å². The first kappa shape index (κ1) is 36.3. The normalized spacial score (nSPS) is 12.6. The van der Waals surface area contributed by atoms with E-state index in [4.69, 9.17) is 0 Å². The molecule has 0 unspecified atom stereocenters. The third-order valence-corrected chi connectivity index (χ3v) is 14.2. The molecule has 0 amide bonds. The van der Waals surface area contributed by atoms with Gasteiger partial charge in [0.2, 0.25) is 0 Å². The molecule has 62 heavy (non-hydrogen) atoms. The molecule has 12 rings (SSSR count). The first-order chi connectivity index (χ1) is 30.8. The monoisotopic (exact) mass is 804 g/mol. The van der Waals surface area contributed by atoms with Gasteiger partial charge in [-0.2, -0.15) is 0 Å². The van der Waals surface area contributed by atoms with Gasteiger partial charge in [0.05, 0.1) is 5.41 Å². The molecule has 0 spiro atoms. The fraction of sp³-hybridized carbons (Fsp3) is 0.0164. The van der Waals surface area contributed by atoms with Crippen molar-refractivity contribution in [3.63, 3.8) is 0 Å². The van der Waals surface area contributed by atoms with Crippen molar-refractivity contribution in [1.29, 1.82) is 0 Å². The Labute approximate surface area is 366 Å². The molecule has 0 fully saturated rings. The van der Waals surface area contributed by atoms with Crippen molar-refractivity contribution >= 4 is 31.5 Å². The third kappa shape index (κ3) is 5.74. The fourth-order valence-corrected chi connectivity index (χ4v) is 11.4. The lowest BCUT2D eigenvalue weighted by Gasteiger charge is -2.34. The molecule has 0 aliphatic heterocycles. The Hall–Kier alpha value is -7.58. The second-order valence-electron chi connectivity index (χ2n) is 16.3. The van der Waals surface area contributed by atoms with Crippen LogP contribution >= 0.6 is 11.3 Å². The number of benzene rings is 10. The van der Waals surface area contributed by atoms with Crippen molar-refractivity contribution in [2.45, 2.75) is 5.41 Å². The van der Waals surface area contributed by atoms with Crippen LogP contribution in [0.1, 0.15) is 22.3 Å². The maximum atomic E-state index is 2.44. The highest BCUT2D eigenvalue weighted by atomic mass is 32.1. The molecule has 0 nitrogen and oxygen atoms in total. The topological polar surface area (TPSA) is 0 Å². The van der Waals surface area contributed by atoms with E-state index < -0.39 is 5.41 Å². The average molecular weight is 805 g/mol. The van der Waals surface area contributed by atoms with E-state index in [1.165, 1.54) is 109 Å². The van der Waals surface area contributed by atoms with Gasteiger partial charge in [-0.05, 0) is 108 Å². The van der Waals surface area contributed by atoms with Gasteiger partial charge in [-0.1, -0.05) is 218 Å². The third-order valence-electron chi connectivity index (χ3n) is 13.0. The van der Waals surface area contributed by atoms with Crippen LogP contribution in [0.4, 0.5) is 0 Å². The number of fused-ring (bicyclic) bond motifs is 6. The Bertz CT molecular complexity index is 3390. The number of rotatable bonds is 7. The molecule has 0 saturated heterocycles. The molecule has 0 radical (unpaired) electrons. The van der Waals surface area contributed by atoms with Crippen LogP contribution in [-0.2, 0) is 5.41 Å². The van der Waals surface area contributed by atoms with Gasteiger partial charge in [0.1, 0.15) is 0 Å². The number of hydrogen-bond acceptors (Lipinski definition) is 1. The van der Waals surface area contributed by atoms with E-state index in [1.54, 1.807) is 0 Å². The smallest absolute Gasteiger partial charge is 0.0713 e. The van der Waals surface area contributed by atoms with Crippen LogP contribution in [0, 0.1) is 0 Å². The summed E-state index contributed by atoms with van der Waals surface area (Å²) < 4.78 is 2.59. The van der Waals surface area contributed by atoms with Gasteiger partial charge in [-0.3, -0.25) is 0 Å². The highest BCUT2D eigenvalue weighted by molar-refractivity contribution is 7.26.